The molecule has 4 rings (SSSR count). The molecule has 2 heterocycles. The highest BCUT2D eigenvalue weighted by Gasteiger charge is 2.39. The normalized spacial score (nSPS) is 16.9. The number of hydrogen-bond donors (Lipinski definition) is 3. The van der Waals surface area contributed by atoms with Gasteiger partial charge in [-0.05, 0) is 98.8 Å². The van der Waals surface area contributed by atoms with Crippen molar-refractivity contribution in [2.75, 3.05) is 20.2 Å². The van der Waals surface area contributed by atoms with E-state index in [0.29, 0.717) is 85.5 Å². The fraction of sp³-hybridized carbons (Fsp3) is 0.483. The summed E-state index contributed by atoms with van der Waals surface area (Å²) in [7, 11) is 1.53. The van der Waals surface area contributed by atoms with Crippen LogP contribution in [-0.2, 0) is 13.1 Å². The molecule has 0 bridgehead atoms. The summed E-state index contributed by atoms with van der Waals surface area (Å²) in [6, 6.07) is 6.75. The Hall–Kier alpha value is -2.75. The maximum atomic E-state index is 14.0. The number of ether oxygens (including phenoxy) is 1. The molecule has 2 aromatic carbocycles. The van der Waals surface area contributed by atoms with Crippen LogP contribution in [0, 0.1) is 22.9 Å². The number of aryl methyl sites for hydroxylation is 1. The van der Waals surface area contributed by atoms with E-state index in [4.69, 9.17) is 4.74 Å². The third kappa shape index (κ3) is 6.11. The lowest BCUT2D eigenvalue weighted by Gasteiger charge is -2.42. The van der Waals surface area contributed by atoms with Crippen LogP contribution < -0.4 is 10.1 Å². The highest BCUT2D eigenvalue weighted by Crippen LogP contribution is 2.42. The Morgan fingerprint density at radius 1 is 1.05 bits per heavy atom. The largest absolute Gasteiger partial charge is 0.497 e. The van der Waals surface area contributed by atoms with E-state index in [-0.39, 0.29) is 12.0 Å². The van der Waals surface area contributed by atoms with E-state index in [1.807, 2.05) is 0 Å². The van der Waals surface area contributed by atoms with Gasteiger partial charge in [-0.25, -0.2) is 17.6 Å². The number of aliphatic hydroxyl groups excluding tert-OH is 2. The molecule has 2 atom stereocenters. The lowest BCUT2D eigenvalue weighted by atomic mass is 9.69. The zero-order chi connectivity index (χ0) is 27.3. The van der Waals surface area contributed by atoms with Crippen LogP contribution in [0.5, 0.6) is 5.75 Å². The second-order valence-corrected chi connectivity index (χ2v) is 10.1. The average Bonchev–Trinajstić information content (AvgIpc) is 2.93. The summed E-state index contributed by atoms with van der Waals surface area (Å²) >= 11 is 0. The third-order valence-electron chi connectivity index (χ3n) is 7.89. The quantitative estimate of drug-likeness (QED) is 0.218. The summed E-state index contributed by atoms with van der Waals surface area (Å²) in [5.74, 6) is -2.55. The van der Waals surface area contributed by atoms with Crippen molar-refractivity contribution >= 4 is 10.9 Å². The Morgan fingerprint density at radius 2 is 1.82 bits per heavy atom. The van der Waals surface area contributed by atoms with Crippen LogP contribution in [0.4, 0.5) is 17.6 Å². The second kappa shape index (κ2) is 12.4. The second-order valence-electron chi connectivity index (χ2n) is 10.1. The number of aliphatic hydroxyl groups is 2. The molecule has 1 saturated heterocycles. The number of nitrogens with one attached hydrogen (secondary N) is 1. The lowest BCUT2D eigenvalue weighted by Crippen LogP contribution is -2.44. The van der Waals surface area contributed by atoms with E-state index in [9.17, 15) is 27.8 Å². The summed E-state index contributed by atoms with van der Waals surface area (Å²) in [5.41, 5.74) is 0.841. The van der Waals surface area contributed by atoms with Gasteiger partial charge in [0.2, 0.25) is 0 Å². The maximum Gasteiger partial charge on any atom is 0.162 e. The van der Waals surface area contributed by atoms with E-state index in [1.165, 1.54) is 13.3 Å². The van der Waals surface area contributed by atoms with E-state index >= 15 is 0 Å². The number of methoxy groups -OCH3 is 1. The monoisotopic (exact) mass is 534 g/mol. The number of halogens is 4. The van der Waals surface area contributed by atoms with Crippen LogP contribution in [-0.4, -0.2) is 41.5 Å². The van der Waals surface area contributed by atoms with Gasteiger partial charge in [-0.2, -0.15) is 0 Å². The van der Waals surface area contributed by atoms with Gasteiger partial charge in [0.25, 0.3) is 0 Å². The first-order valence-corrected chi connectivity index (χ1v) is 13.0. The third-order valence-corrected chi connectivity index (χ3v) is 7.89. The van der Waals surface area contributed by atoms with Gasteiger partial charge in [-0.15, -0.1) is 0 Å². The molecule has 1 aromatic heterocycles. The molecule has 0 aliphatic carbocycles. The van der Waals surface area contributed by atoms with Crippen molar-refractivity contribution in [1.82, 2.24) is 10.3 Å². The molecule has 0 unspecified atom stereocenters. The number of alkyl halides is 1. The molecule has 3 aromatic rings. The van der Waals surface area contributed by atoms with E-state index < -0.39 is 41.7 Å². The molecule has 9 heteroatoms. The zero-order valence-corrected chi connectivity index (χ0v) is 21.5. The number of piperidine rings is 1. The minimum absolute atomic E-state index is 0.0526. The van der Waals surface area contributed by atoms with Crippen molar-refractivity contribution in [2.24, 2.45) is 5.41 Å². The van der Waals surface area contributed by atoms with Gasteiger partial charge in [0.15, 0.2) is 11.6 Å². The molecular formula is C29H34F4N2O3. The maximum absolute atomic E-state index is 14.0. The number of benzene rings is 2. The van der Waals surface area contributed by atoms with Gasteiger partial charge in [0.1, 0.15) is 18.2 Å². The Morgan fingerprint density at radius 3 is 2.53 bits per heavy atom. The van der Waals surface area contributed by atoms with E-state index in [1.54, 1.807) is 18.2 Å². The van der Waals surface area contributed by atoms with Gasteiger partial charge in [-0.3, -0.25) is 4.98 Å². The minimum atomic E-state index is -1.22. The molecule has 1 aliphatic heterocycles. The Balaban J connectivity index is 1.49. The van der Waals surface area contributed by atoms with Crippen molar-refractivity contribution < 1.29 is 32.5 Å². The van der Waals surface area contributed by atoms with Crippen molar-refractivity contribution in [3.8, 4) is 5.75 Å². The molecule has 0 saturated carbocycles. The van der Waals surface area contributed by atoms with Crippen LogP contribution in [0.2, 0.25) is 0 Å². The summed E-state index contributed by atoms with van der Waals surface area (Å²) in [6.45, 7) is 0.617. The van der Waals surface area contributed by atoms with Gasteiger partial charge in [0, 0.05) is 23.2 Å². The summed E-state index contributed by atoms with van der Waals surface area (Å²) in [4.78, 5) is 4.31. The minimum Gasteiger partial charge on any atom is -0.497 e. The van der Waals surface area contributed by atoms with Crippen molar-refractivity contribution in [1.29, 1.82) is 0 Å². The summed E-state index contributed by atoms with van der Waals surface area (Å²) < 4.78 is 60.4. The van der Waals surface area contributed by atoms with Crippen LogP contribution >= 0.6 is 0 Å². The molecule has 0 radical (unpaired) electrons. The Kier molecular flexibility index (Phi) is 9.23. The molecule has 1 aliphatic rings. The fourth-order valence-corrected chi connectivity index (χ4v) is 5.69. The molecule has 5 nitrogen and oxygen atoms in total. The van der Waals surface area contributed by atoms with Gasteiger partial charge < -0.3 is 20.3 Å². The van der Waals surface area contributed by atoms with Crippen molar-refractivity contribution in [3.63, 3.8) is 0 Å². The molecule has 0 amide bonds. The van der Waals surface area contributed by atoms with Crippen LogP contribution in [0.3, 0.4) is 0 Å². The first-order chi connectivity index (χ1) is 18.3. The smallest absolute Gasteiger partial charge is 0.162 e. The van der Waals surface area contributed by atoms with Gasteiger partial charge in [-0.1, -0.05) is 0 Å². The van der Waals surface area contributed by atoms with E-state index in [0.717, 1.165) is 6.07 Å². The molecule has 3 N–H and O–H groups in total. The number of aromatic nitrogens is 1. The molecule has 38 heavy (non-hydrogen) atoms. The predicted molar refractivity (Wildman–Crippen MR) is 137 cm³/mol. The molecule has 1 fully saturated rings. The number of rotatable bonds is 11. The topological polar surface area (TPSA) is 74.6 Å². The number of nitrogens with zero attached hydrogens (tertiary/aromatic N) is 1. The number of hydrogen-bond acceptors (Lipinski definition) is 5. The van der Waals surface area contributed by atoms with Gasteiger partial charge >= 0.3 is 0 Å². The predicted octanol–water partition coefficient (Wildman–Crippen LogP) is 5.70. The average molecular weight is 535 g/mol. The standard InChI is InChI=1S/C29H34F4N2O3/c1-38-21-5-6-24-22(15-21)27(19(16-30)17-35-24)25(36)7-8-29(9-11-34-12-10-29)26(37)4-2-3-18-13-20(31)14-23(32)28(18)33/h5-6,13-15,17,25-26,34,36-37H,2-4,7-12,16H2,1H3/t25-,26+/m1/s1. The summed E-state index contributed by atoms with van der Waals surface area (Å²) in [5, 5.41) is 26.5. The van der Waals surface area contributed by atoms with Gasteiger partial charge in [0.05, 0.1) is 24.8 Å². The highest BCUT2D eigenvalue weighted by molar-refractivity contribution is 5.85. The Bertz CT molecular complexity index is 1240. The highest BCUT2D eigenvalue weighted by atomic mass is 19.2. The first kappa shape index (κ1) is 28.3. The molecule has 0 spiro atoms. The first-order valence-electron chi connectivity index (χ1n) is 13.0. The Labute approximate surface area is 219 Å². The van der Waals surface area contributed by atoms with Crippen molar-refractivity contribution in [2.45, 2.75) is 63.8 Å². The number of pyridine rings is 1. The SMILES string of the molecule is COc1ccc2ncc(CF)c([C@H](O)CCC3([C@@H](O)CCCc4cc(F)cc(F)c4F)CCNCC3)c2c1. The van der Waals surface area contributed by atoms with Crippen LogP contribution in [0.25, 0.3) is 10.9 Å². The molecular weight excluding hydrogens is 500 g/mol. The number of fused-ring (bicyclic) bond motifs is 1. The van der Waals surface area contributed by atoms with Crippen LogP contribution in [0.1, 0.15) is 61.3 Å². The zero-order valence-electron chi connectivity index (χ0n) is 21.5. The van der Waals surface area contributed by atoms with E-state index in [2.05, 4.69) is 10.3 Å². The van der Waals surface area contributed by atoms with Crippen LogP contribution in [0.15, 0.2) is 36.5 Å². The van der Waals surface area contributed by atoms with Crippen molar-refractivity contribution in [3.05, 3.63) is 70.7 Å². The fourth-order valence-electron chi connectivity index (χ4n) is 5.69. The molecule has 206 valence electrons. The lowest BCUT2D eigenvalue weighted by molar-refractivity contribution is -0.0210. The summed E-state index contributed by atoms with van der Waals surface area (Å²) in [6.07, 6.45) is 2.59.